The fraction of sp³-hybridized carbons (Fsp3) is 0.292. The molecule has 4 heterocycles. The highest BCUT2D eigenvalue weighted by Crippen LogP contribution is 2.33. The number of carboxylic acid groups (broad SMARTS) is 1. The Labute approximate surface area is 187 Å². The predicted octanol–water partition coefficient (Wildman–Crippen LogP) is 4.86. The summed E-state index contributed by atoms with van der Waals surface area (Å²) < 4.78 is 40.4. The summed E-state index contributed by atoms with van der Waals surface area (Å²) in [6.07, 6.45) is 3.00. The van der Waals surface area contributed by atoms with Gasteiger partial charge in [-0.05, 0) is 60.6 Å². The number of likely N-dealkylation sites (tertiary alicyclic amines) is 1. The molecular weight excluding hydrogens is 433 g/mol. The number of hydrogen-bond acceptors (Lipinski definition) is 4. The number of fused-ring (bicyclic) bond motifs is 2. The van der Waals surface area contributed by atoms with E-state index in [2.05, 4.69) is 15.0 Å². The smallest absolute Gasteiger partial charge is 0.417 e. The maximum absolute atomic E-state index is 13.0. The number of aromatic nitrogens is 3. The Bertz CT molecular complexity index is 1340. The molecule has 1 fully saturated rings. The van der Waals surface area contributed by atoms with Crippen molar-refractivity contribution >= 4 is 22.3 Å². The van der Waals surface area contributed by atoms with Crippen LogP contribution in [0.2, 0.25) is 0 Å². The Kier molecular flexibility index (Phi) is 5.28. The summed E-state index contributed by atoms with van der Waals surface area (Å²) in [6.45, 7) is 2.08. The van der Waals surface area contributed by atoms with Gasteiger partial charge in [-0.1, -0.05) is 12.1 Å². The fourth-order valence-corrected chi connectivity index (χ4v) is 4.47. The van der Waals surface area contributed by atoms with Gasteiger partial charge in [-0.25, -0.2) is 4.52 Å². The lowest BCUT2D eigenvalue weighted by atomic mass is 9.96. The molecule has 5 rings (SSSR count). The summed E-state index contributed by atoms with van der Waals surface area (Å²) in [6, 6.07) is 8.39. The number of rotatable bonds is 4. The first-order chi connectivity index (χ1) is 15.8. The molecule has 0 saturated carbocycles. The first-order valence-electron chi connectivity index (χ1n) is 10.7. The Morgan fingerprint density at radius 1 is 1.09 bits per heavy atom. The molecule has 6 nitrogen and oxygen atoms in total. The van der Waals surface area contributed by atoms with E-state index in [-0.39, 0.29) is 5.92 Å². The summed E-state index contributed by atoms with van der Waals surface area (Å²) in [5, 5.41) is 15.3. The van der Waals surface area contributed by atoms with Gasteiger partial charge in [-0.2, -0.15) is 18.3 Å². The van der Waals surface area contributed by atoms with Crippen LogP contribution in [0.15, 0.2) is 55.1 Å². The standard InChI is InChI=1S/C24H21F3N4O2/c25-24(26,27)19-3-4-22-21(12-29-31(22)14-19)16-1-2-17-10-28-11-18(20(17)9-16)13-30-7-5-15(6-8-30)23(32)33/h1-4,9-12,14-15H,5-8,13H2,(H,32,33). The highest BCUT2D eigenvalue weighted by molar-refractivity contribution is 5.91. The summed E-state index contributed by atoms with van der Waals surface area (Å²) in [5.74, 6) is -1.02. The second-order valence-corrected chi connectivity index (χ2v) is 8.43. The molecule has 1 aliphatic rings. The minimum Gasteiger partial charge on any atom is -0.481 e. The van der Waals surface area contributed by atoms with Crippen molar-refractivity contribution in [1.82, 2.24) is 19.5 Å². The summed E-state index contributed by atoms with van der Waals surface area (Å²) in [5.41, 5.74) is 2.47. The van der Waals surface area contributed by atoms with Crippen molar-refractivity contribution < 1.29 is 23.1 Å². The maximum atomic E-state index is 13.0. The number of carboxylic acids is 1. The third-order valence-electron chi connectivity index (χ3n) is 6.33. The van der Waals surface area contributed by atoms with E-state index in [9.17, 15) is 23.1 Å². The van der Waals surface area contributed by atoms with E-state index in [1.54, 1.807) is 12.4 Å². The number of carbonyl (C=O) groups is 1. The number of benzene rings is 1. The number of nitrogens with zero attached hydrogens (tertiary/aromatic N) is 4. The van der Waals surface area contributed by atoms with Crippen LogP contribution in [-0.4, -0.2) is 43.7 Å². The molecule has 4 aromatic rings. The molecule has 0 aliphatic carbocycles. The van der Waals surface area contributed by atoms with E-state index in [0.717, 1.165) is 39.7 Å². The molecule has 33 heavy (non-hydrogen) atoms. The molecule has 0 radical (unpaired) electrons. The monoisotopic (exact) mass is 454 g/mol. The molecule has 1 aromatic carbocycles. The fourth-order valence-electron chi connectivity index (χ4n) is 4.47. The van der Waals surface area contributed by atoms with Gasteiger partial charge in [-0.15, -0.1) is 0 Å². The van der Waals surface area contributed by atoms with Crippen molar-refractivity contribution in [2.45, 2.75) is 25.6 Å². The minimum atomic E-state index is -4.43. The lowest BCUT2D eigenvalue weighted by molar-refractivity contribution is -0.143. The first-order valence-corrected chi connectivity index (χ1v) is 10.7. The summed E-state index contributed by atoms with van der Waals surface area (Å²) in [4.78, 5) is 17.8. The second-order valence-electron chi connectivity index (χ2n) is 8.43. The van der Waals surface area contributed by atoms with E-state index in [4.69, 9.17) is 0 Å². The van der Waals surface area contributed by atoms with Crippen molar-refractivity contribution in [3.05, 3.63) is 66.2 Å². The number of alkyl halides is 3. The van der Waals surface area contributed by atoms with Crippen molar-refractivity contribution in [3.8, 4) is 11.1 Å². The SMILES string of the molecule is O=C(O)C1CCN(Cc2cncc3ccc(-c4cnn5cc(C(F)(F)F)ccc45)cc23)CC1. The van der Waals surface area contributed by atoms with Crippen molar-refractivity contribution in [2.24, 2.45) is 5.92 Å². The molecule has 3 aromatic heterocycles. The maximum Gasteiger partial charge on any atom is 0.417 e. The lowest BCUT2D eigenvalue weighted by Crippen LogP contribution is -2.35. The van der Waals surface area contributed by atoms with E-state index in [1.807, 2.05) is 24.4 Å². The highest BCUT2D eigenvalue weighted by Gasteiger charge is 2.31. The molecule has 0 amide bonds. The quantitative estimate of drug-likeness (QED) is 0.477. The van der Waals surface area contributed by atoms with Crippen LogP contribution >= 0.6 is 0 Å². The molecule has 170 valence electrons. The average Bonchev–Trinajstić information content (AvgIpc) is 3.22. The van der Waals surface area contributed by atoms with Gasteiger partial charge in [0.25, 0.3) is 0 Å². The van der Waals surface area contributed by atoms with Gasteiger partial charge in [-0.3, -0.25) is 14.7 Å². The van der Waals surface area contributed by atoms with Crippen molar-refractivity contribution in [2.75, 3.05) is 13.1 Å². The Morgan fingerprint density at radius 2 is 1.88 bits per heavy atom. The second kappa shape index (κ2) is 8.15. The third-order valence-corrected chi connectivity index (χ3v) is 6.33. The molecule has 0 bridgehead atoms. The zero-order chi connectivity index (χ0) is 23.2. The molecule has 1 N–H and O–H groups in total. The normalized spacial score (nSPS) is 16.0. The third kappa shape index (κ3) is 4.16. The summed E-state index contributed by atoms with van der Waals surface area (Å²) in [7, 11) is 0. The van der Waals surface area contributed by atoms with E-state index in [1.165, 1.54) is 10.6 Å². The van der Waals surface area contributed by atoms with E-state index in [0.29, 0.717) is 38.0 Å². The molecule has 9 heteroatoms. The van der Waals surface area contributed by atoms with Gasteiger partial charge < -0.3 is 5.11 Å². The van der Waals surface area contributed by atoms with E-state index >= 15 is 0 Å². The van der Waals surface area contributed by atoms with Crippen LogP contribution in [0.4, 0.5) is 13.2 Å². The number of hydrogen-bond donors (Lipinski definition) is 1. The highest BCUT2D eigenvalue weighted by atomic mass is 19.4. The summed E-state index contributed by atoms with van der Waals surface area (Å²) >= 11 is 0. The van der Waals surface area contributed by atoms with Gasteiger partial charge in [0, 0.05) is 36.1 Å². The lowest BCUT2D eigenvalue weighted by Gasteiger charge is -2.30. The number of pyridine rings is 2. The van der Waals surface area contributed by atoms with Crippen LogP contribution in [0.25, 0.3) is 27.4 Å². The predicted molar refractivity (Wildman–Crippen MR) is 117 cm³/mol. The van der Waals surface area contributed by atoms with Crippen molar-refractivity contribution in [1.29, 1.82) is 0 Å². The number of aliphatic carboxylic acids is 1. The Hall–Kier alpha value is -3.46. The van der Waals surface area contributed by atoms with Crippen LogP contribution in [0.5, 0.6) is 0 Å². The molecule has 1 saturated heterocycles. The Balaban J connectivity index is 1.47. The van der Waals surface area contributed by atoms with Gasteiger partial charge in [0.05, 0.1) is 23.2 Å². The van der Waals surface area contributed by atoms with Crippen LogP contribution in [0.1, 0.15) is 24.0 Å². The zero-order valence-electron chi connectivity index (χ0n) is 17.6. The Morgan fingerprint density at radius 3 is 2.61 bits per heavy atom. The van der Waals surface area contributed by atoms with Crippen LogP contribution in [0.3, 0.4) is 0 Å². The van der Waals surface area contributed by atoms with Crippen LogP contribution in [0, 0.1) is 5.92 Å². The van der Waals surface area contributed by atoms with Crippen LogP contribution in [-0.2, 0) is 17.5 Å². The van der Waals surface area contributed by atoms with Gasteiger partial charge in [0.2, 0.25) is 0 Å². The molecule has 0 atom stereocenters. The van der Waals surface area contributed by atoms with Gasteiger partial charge >= 0.3 is 12.1 Å². The number of piperidine rings is 1. The topological polar surface area (TPSA) is 70.7 Å². The molecule has 1 aliphatic heterocycles. The van der Waals surface area contributed by atoms with Crippen molar-refractivity contribution in [3.63, 3.8) is 0 Å². The number of halogens is 3. The first kappa shape index (κ1) is 21.4. The van der Waals surface area contributed by atoms with Gasteiger partial charge in [0.1, 0.15) is 0 Å². The largest absolute Gasteiger partial charge is 0.481 e. The molecular formula is C24H21F3N4O2. The van der Waals surface area contributed by atoms with Gasteiger partial charge in [0.15, 0.2) is 0 Å². The van der Waals surface area contributed by atoms with Crippen LogP contribution < -0.4 is 0 Å². The zero-order valence-corrected chi connectivity index (χ0v) is 17.6. The minimum absolute atomic E-state index is 0.285. The molecule has 0 spiro atoms. The average molecular weight is 454 g/mol. The van der Waals surface area contributed by atoms with E-state index < -0.39 is 17.7 Å². The molecule has 0 unspecified atom stereocenters.